The molecule has 2 rings (SSSR count). The minimum absolute atomic E-state index is 0. The van der Waals surface area contributed by atoms with Gasteiger partial charge in [0.25, 0.3) is 0 Å². The minimum atomic E-state index is -0.144. The van der Waals surface area contributed by atoms with Crippen LogP contribution in [0.2, 0.25) is 5.02 Å². The zero-order valence-electron chi connectivity index (χ0n) is 8.19. The standard InChI is InChI=1S/C11H9BrClNS.ClH/c12-7-3-4-9(13)8(6-7)11(14)10-2-1-5-15-10;/h1-6,11H,14H2;1H/t11-;/m0./s1. The zero-order chi connectivity index (χ0) is 10.8. The molecule has 1 atom stereocenters. The Labute approximate surface area is 118 Å². The fourth-order valence-corrected chi connectivity index (χ4v) is 2.73. The third-order valence-electron chi connectivity index (χ3n) is 2.14. The fourth-order valence-electron chi connectivity index (χ4n) is 1.37. The van der Waals surface area contributed by atoms with Gasteiger partial charge in [-0.2, -0.15) is 0 Å². The van der Waals surface area contributed by atoms with E-state index in [9.17, 15) is 0 Å². The molecule has 0 unspecified atom stereocenters. The quantitative estimate of drug-likeness (QED) is 0.848. The van der Waals surface area contributed by atoms with Gasteiger partial charge in [-0.1, -0.05) is 33.6 Å². The van der Waals surface area contributed by atoms with Gasteiger partial charge in [0.15, 0.2) is 0 Å². The summed E-state index contributed by atoms with van der Waals surface area (Å²) in [6, 6.07) is 9.60. The summed E-state index contributed by atoms with van der Waals surface area (Å²) in [5.41, 5.74) is 7.09. The predicted octanol–water partition coefficient (Wildman–Crippen LogP) is 4.63. The van der Waals surface area contributed by atoms with E-state index in [1.165, 1.54) is 0 Å². The maximum absolute atomic E-state index is 6.14. The molecular formula is C11H10BrCl2NS. The van der Waals surface area contributed by atoms with Crippen molar-refractivity contribution in [2.75, 3.05) is 0 Å². The van der Waals surface area contributed by atoms with E-state index < -0.39 is 0 Å². The van der Waals surface area contributed by atoms with Crippen LogP contribution in [0.5, 0.6) is 0 Å². The second-order valence-corrected chi connectivity index (χ2v) is 5.46. The topological polar surface area (TPSA) is 26.0 Å². The summed E-state index contributed by atoms with van der Waals surface area (Å²) >= 11 is 11.2. The highest BCUT2D eigenvalue weighted by Gasteiger charge is 2.13. The lowest BCUT2D eigenvalue weighted by atomic mass is 10.1. The van der Waals surface area contributed by atoms with Gasteiger partial charge >= 0.3 is 0 Å². The van der Waals surface area contributed by atoms with Gasteiger partial charge in [-0.15, -0.1) is 23.7 Å². The van der Waals surface area contributed by atoms with Gasteiger partial charge in [0, 0.05) is 14.4 Å². The van der Waals surface area contributed by atoms with Gasteiger partial charge in [-0.05, 0) is 35.2 Å². The molecule has 0 saturated heterocycles. The van der Waals surface area contributed by atoms with Crippen LogP contribution >= 0.6 is 51.3 Å². The van der Waals surface area contributed by atoms with Crippen molar-refractivity contribution in [3.05, 3.63) is 55.6 Å². The molecule has 5 heteroatoms. The first-order valence-corrected chi connectivity index (χ1v) is 6.47. The molecule has 0 aliphatic rings. The Morgan fingerprint density at radius 3 is 2.69 bits per heavy atom. The van der Waals surface area contributed by atoms with E-state index in [1.54, 1.807) is 11.3 Å². The van der Waals surface area contributed by atoms with Crippen molar-refractivity contribution in [2.24, 2.45) is 5.73 Å². The summed E-state index contributed by atoms with van der Waals surface area (Å²) in [6.45, 7) is 0. The third kappa shape index (κ3) is 2.99. The SMILES string of the molecule is Cl.N[C@H](c1cccs1)c1cc(Br)ccc1Cl. The van der Waals surface area contributed by atoms with Gasteiger partial charge in [-0.25, -0.2) is 0 Å². The van der Waals surface area contributed by atoms with Crippen LogP contribution in [0.15, 0.2) is 40.2 Å². The van der Waals surface area contributed by atoms with Gasteiger partial charge in [0.1, 0.15) is 0 Å². The maximum atomic E-state index is 6.14. The van der Waals surface area contributed by atoms with E-state index in [0.29, 0.717) is 5.02 Å². The summed E-state index contributed by atoms with van der Waals surface area (Å²) in [4.78, 5) is 1.12. The lowest BCUT2D eigenvalue weighted by Crippen LogP contribution is -2.10. The largest absolute Gasteiger partial charge is 0.320 e. The first-order chi connectivity index (χ1) is 7.18. The number of nitrogens with two attached hydrogens (primary N) is 1. The van der Waals surface area contributed by atoms with Crippen LogP contribution in [0.25, 0.3) is 0 Å². The van der Waals surface area contributed by atoms with Crippen LogP contribution in [0.3, 0.4) is 0 Å². The van der Waals surface area contributed by atoms with Crippen molar-refractivity contribution in [1.82, 2.24) is 0 Å². The van der Waals surface area contributed by atoms with Gasteiger partial charge in [0.05, 0.1) is 6.04 Å². The predicted molar refractivity (Wildman–Crippen MR) is 76.7 cm³/mol. The second-order valence-electron chi connectivity index (χ2n) is 3.16. The van der Waals surface area contributed by atoms with Gasteiger partial charge in [-0.3, -0.25) is 0 Å². The normalized spacial score (nSPS) is 11.9. The van der Waals surface area contributed by atoms with Crippen LogP contribution < -0.4 is 5.73 Å². The van der Waals surface area contributed by atoms with E-state index in [0.717, 1.165) is 14.9 Å². The Hall–Kier alpha value is -0.0600. The average molecular weight is 339 g/mol. The van der Waals surface area contributed by atoms with Crippen molar-refractivity contribution >= 4 is 51.3 Å². The highest BCUT2D eigenvalue weighted by molar-refractivity contribution is 9.10. The van der Waals surface area contributed by atoms with Crippen molar-refractivity contribution in [3.63, 3.8) is 0 Å². The van der Waals surface area contributed by atoms with Crippen molar-refractivity contribution < 1.29 is 0 Å². The Kier molecular flexibility index (Phi) is 5.28. The highest BCUT2D eigenvalue weighted by atomic mass is 79.9. The van der Waals surface area contributed by atoms with E-state index in [4.69, 9.17) is 17.3 Å². The average Bonchev–Trinajstić information content (AvgIpc) is 2.74. The molecular weight excluding hydrogens is 329 g/mol. The monoisotopic (exact) mass is 337 g/mol. The molecule has 2 aromatic rings. The minimum Gasteiger partial charge on any atom is -0.320 e. The lowest BCUT2D eigenvalue weighted by molar-refractivity contribution is 0.893. The van der Waals surface area contributed by atoms with E-state index >= 15 is 0 Å². The van der Waals surface area contributed by atoms with E-state index in [1.807, 2.05) is 35.7 Å². The van der Waals surface area contributed by atoms with Crippen molar-refractivity contribution in [2.45, 2.75) is 6.04 Å². The molecule has 1 nitrogen and oxygen atoms in total. The van der Waals surface area contributed by atoms with Crippen LogP contribution in [-0.4, -0.2) is 0 Å². The molecule has 0 radical (unpaired) electrons. The van der Waals surface area contributed by atoms with Crippen molar-refractivity contribution in [3.8, 4) is 0 Å². The molecule has 0 aliphatic heterocycles. The molecule has 0 saturated carbocycles. The number of hydrogen-bond acceptors (Lipinski definition) is 2. The van der Waals surface area contributed by atoms with E-state index in [-0.39, 0.29) is 18.4 Å². The first-order valence-electron chi connectivity index (χ1n) is 4.42. The Balaban J connectivity index is 0.00000128. The van der Waals surface area contributed by atoms with Crippen LogP contribution in [0, 0.1) is 0 Å². The molecule has 2 N–H and O–H groups in total. The molecule has 1 aromatic carbocycles. The summed E-state index contributed by atoms with van der Waals surface area (Å²) < 4.78 is 0.994. The molecule has 0 spiro atoms. The number of halogens is 3. The van der Waals surface area contributed by atoms with Gasteiger partial charge < -0.3 is 5.73 Å². The third-order valence-corrected chi connectivity index (χ3v) is 3.94. The molecule has 86 valence electrons. The first kappa shape index (κ1) is 14.0. The number of hydrogen-bond donors (Lipinski definition) is 1. The fraction of sp³-hybridized carbons (Fsp3) is 0.0909. The molecule has 1 heterocycles. The lowest BCUT2D eigenvalue weighted by Gasteiger charge is -2.12. The molecule has 0 fully saturated rings. The molecule has 1 aromatic heterocycles. The van der Waals surface area contributed by atoms with Crippen LogP contribution in [0.1, 0.15) is 16.5 Å². The highest BCUT2D eigenvalue weighted by Crippen LogP contribution is 2.30. The summed E-state index contributed by atoms with van der Waals surface area (Å²) in [5.74, 6) is 0. The molecule has 16 heavy (non-hydrogen) atoms. The van der Waals surface area contributed by atoms with E-state index in [2.05, 4.69) is 15.9 Å². The Bertz CT molecular complexity index is 459. The van der Waals surface area contributed by atoms with Gasteiger partial charge in [0.2, 0.25) is 0 Å². The van der Waals surface area contributed by atoms with Crippen molar-refractivity contribution in [1.29, 1.82) is 0 Å². The van der Waals surface area contributed by atoms with Crippen LogP contribution in [0.4, 0.5) is 0 Å². The number of benzene rings is 1. The zero-order valence-corrected chi connectivity index (χ0v) is 12.2. The Morgan fingerprint density at radius 1 is 1.31 bits per heavy atom. The maximum Gasteiger partial charge on any atom is 0.0661 e. The molecule has 0 bridgehead atoms. The molecule has 0 amide bonds. The number of rotatable bonds is 2. The van der Waals surface area contributed by atoms with Crippen LogP contribution in [-0.2, 0) is 0 Å². The number of thiophene rings is 1. The molecule has 0 aliphatic carbocycles. The second kappa shape index (κ2) is 6.03. The Morgan fingerprint density at radius 2 is 2.06 bits per heavy atom. The smallest absolute Gasteiger partial charge is 0.0661 e. The summed E-state index contributed by atoms with van der Waals surface area (Å²) in [5, 5.41) is 2.72. The summed E-state index contributed by atoms with van der Waals surface area (Å²) in [6.07, 6.45) is 0. The summed E-state index contributed by atoms with van der Waals surface area (Å²) in [7, 11) is 0.